The molecule has 0 heterocycles. The van der Waals surface area contributed by atoms with Crippen molar-refractivity contribution in [1.29, 1.82) is 0 Å². The third-order valence-corrected chi connectivity index (χ3v) is 8.66. The smallest absolute Gasteiger partial charge is 0.306 e. The molecule has 0 spiro atoms. The first-order chi connectivity index (χ1) is 23.9. The minimum Gasteiger partial charge on any atom is -0.488 e. The van der Waals surface area contributed by atoms with Gasteiger partial charge in [-0.1, -0.05) is 106 Å². The quantitative estimate of drug-likeness (QED) is 0.0456. The number of hydrogen-bond acceptors (Lipinski definition) is 8. The third-order valence-electron chi connectivity index (χ3n) is 8.17. The van der Waals surface area contributed by atoms with Crippen molar-refractivity contribution < 1.29 is 38.0 Å². The maximum absolute atomic E-state index is 12.7. The monoisotopic (exact) mass is 744 g/mol. The molecule has 0 aliphatic heterocycles. The predicted molar refractivity (Wildman–Crippen MR) is 200 cm³/mol. The highest BCUT2D eigenvalue weighted by atomic mass is 79.9. The number of benzene rings is 3. The van der Waals surface area contributed by atoms with E-state index < -0.39 is 12.2 Å². The number of carbonyl (C=O) groups is 2. The Balaban J connectivity index is 1.90. The molecule has 0 aliphatic rings. The van der Waals surface area contributed by atoms with Crippen LogP contribution in [0.3, 0.4) is 0 Å². The number of ether oxygens (including phenoxy) is 6. The van der Waals surface area contributed by atoms with E-state index in [0.717, 1.165) is 90.2 Å². The van der Waals surface area contributed by atoms with Gasteiger partial charge in [-0.2, -0.15) is 0 Å². The number of unbranched alkanes of at least 4 members (excludes halogenated alkanes) is 6. The van der Waals surface area contributed by atoms with E-state index in [2.05, 4.69) is 43.6 Å². The summed E-state index contributed by atoms with van der Waals surface area (Å²) in [7, 11) is 0. The molecule has 272 valence electrons. The zero-order valence-electron chi connectivity index (χ0n) is 30.1. The molecule has 2 atom stereocenters. The minimum absolute atomic E-state index is 0.141. The van der Waals surface area contributed by atoms with Gasteiger partial charge in [-0.25, -0.2) is 0 Å². The minimum atomic E-state index is -0.552. The lowest BCUT2D eigenvalue weighted by atomic mass is 10.0. The summed E-state index contributed by atoms with van der Waals surface area (Å²) in [6, 6.07) is 13.9. The second kappa shape index (κ2) is 23.5. The molecule has 3 aromatic rings. The fourth-order valence-electron chi connectivity index (χ4n) is 5.42. The van der Waals surface area contributed by atoms with Gasteiger partial charge in [0.2, 0.25) is 0 Å². The van der Waals surface area contributed by atoms with E-state index in [1.165, 1.54) is 0 Å². The van der Waals surface area contributed by atoms with Crippen LogP contribution in [0.4, 0.5) is 0 Å². The molecule has 0 aliphatic carbocycles. The van der Waals surface area contributed by atoms with E-state index in [9.17, 15) is 9.59 Å². The van der Waals surface area contributed by atoms with Gasteiger partial charge in [0.05, 0.1) is 13.2 Å². The van der Waals surface area contributed by atoms with Gasteiger partial charge in [0.1, 0.15) is 24.7 Å². The Morgan fingerprint density at radius 3 is 1.49 bits per heavy atom. The van der Waals surface area contributed by atoms with Crippen LogP contribution in [0, 0.1) is 0 Å². The number of hydrogen-bond donors (Lipinski definition) is 0. The summed E-state index contributed by atoms with van der Waals surface area (Å²) in [5, 5.41) is 3.41. The summed E-state index contributed by atoms with van der Waals surface area (Å²) in [5.74, 6) is 0.874. The highest BCUT2D eigenvalue weighted by Gasteiger charge is 2.22. The molecule has 0 amide bonds. The van der Waals surface area contributed by atoms with Crippen LogP contribution in [0.2, 0.25) is 0 Å². The SMILES string of the molecule is CCCCCC(=O)OC(COCCCC)COc1c2ccccc2c(OCC(COCCCC)OC(=O)CCCCC)c2cc(Br)ccc12. The van der Waals surface area contributed by atoms with Crippen molar-refractivity contribution in [2.24, 2.45) is 0 Å². The van der Waals surface area contributed by atoms with Crippen molar-refractivity contribution in [2.75, 3.05) is 39.6 Å². The Labute approximate surface area is 301 Å². The first kappa shape index (κ1) is 40.5. The molecule has 9 heteroatoms. The highest BCUT2D eigenvalue weighted by molar-refractivity contribution is 9.10. The molecule has 0 radical (unpaired) electrons. The molecule has 0 fully saturated rings. The zero-order valence-corrected chi connectivity index (χ0v) is 31.7. The maximum Gasteiger partial charge on any atom is 0.306 e. The van der Waals surface area contributed by atoms with Gasteiger partial charge in [-0.15, -0.1) is 0 Å². The molecule has 0 saturated heterocycles. The van der Waals surface area contributed by atoms with Gasteiger partial charge >= 0.3 is 11.9 Å². The molecule has 8 nitrogen and oxygen atoms in total. The summed E-state index contributed by atoms with van der Waals surface area (Å²) in [6.07, 6.45) is 9.21. The van der Waals surface area contributed by atoms with Crippen molar-refractivity contribution in [3.05, 3.63) is 46.9 Å². The van der Waals surface area contributed by atoms with Crippen molar-refractivity contribution in [3.8, 4) is 11.5 Å². The molecule has 0 N–H and O–H groups in total. The van der Waals surface area contributed by atoms with Crippen molar-refractivity contribution in [1.82, 2.24) is 0 Å². The van der Waals surface area contributed by atoms with Gasteiger partial charge in [0.15, 0.2) is 12.2 Å². The van der Waals surface area contributed by atoms with E-state index in [1.54, 1.807) is 0 Å². The van der Waals surface area contributed by atoms with Gasteiger partial charge in [0, 0.05) is 52.1 Å². The van der Waals surface area contributed by atoms with Crippen molar-refractivity contribution in [2.45, 2.75) is 117 Å². The molecule has 49 heavy (non-hydrogen) atoms. The second-order valence-corrected chi connectivity index (χ2v) is 13.4. The van der Waals surface area contributed by atoms with Gasteiger partial charge in [-0.05, 0) is 43.9 Å². The van der Waals surface area contributed by atoms with E-state index in [4.69, 9.17) is 28.4 Å². The molecular weight excluding hydrogens is 688 g/mol. The standard InChI is InChI=1S/C40H57BrO8/c1-5-9-13-19-37(42)48-31(26-44-23-11-7-3)28-46-39-33-17-15-16-18-34(33)40(36-25-30(41)21-22-35(36)39)47-29-32(27-45-24-12-8-4)49-38(43)20-14-10-6-2/h15-18,21-22,25,31-32H,5-14,19-20,23-24,26-29H2,1-4H3. The van der Waals surface area contributed by atoms with Crippen molar-refractivity contribution >= 4 is 49.4 Å². The fourth-order valence-corrected chi connectivity index (χ4v) is 5.78. The molecule has 2 unspecified atom stereocenters. The topological polar surface area (TPSA) is 89.5 Å². The van der Waals surface area contributed by atoms with Crippen LogP contribution in [-0.2, 0) is 28.5 Å². The van der Waals surface area contributed by atoms with Crippen LogP contribution in [-0.4, -0.2) is 63.8 Å². The summed E-state index contributed by atoms with van der Waals surface area (Å²) < 4.78 is 37.5. The van der Waals surface area contributed by atoms with E-state index >= 15 is 0 Å². The normalized spacial score (nSPS) is 12.6. The summed E-state index contributed by atoms with van der Waals surface area (Å²) >= 11 is 3.64. The molecule has 0 bridgehead atoms. The largest absolute Gasteiger partial charge is 0.488 e. The van der Waals surface area contributed by atoms with Gasteiger partial charge < -0.3 is 28.4 Å². The lowest BCUT2D eigenvalue weighted by Gasteiger charge is -2.23. The Hall–Kier alpha value is -2.88. The molecule has 0 aromatic heterocycles. The highest BCUT2D eigenvalue weighted by Crippen LogP contribution is 2.44. The van der Waals surface area contributed by atoms with Crippen LogP contribution in [0.25, 0.3) is 21.5 Å². The maximum atomic E-state index is 12.7. The van der Waals surface area contributed by atoms with Crippen LogP contribution < -0.4 is 9.47 Å². The van der Waals surface area contributed by atoms with Crippen molar-refractivity contribution in [3.63, 3.8) is 0 Å². The molecule has 0 saturated carbocycles. The first-order valence-corrected chi connectivity index (χ1v) is 19.1. The second-order valence-electron chi connectivity index (χ2n) is 12.5. The van der Waals surface area contributed by atoms with E-state index in [-0.39, 0.29) is 38.4 Å². The van der Waals surface area contributed by atoms with Crippen LogP contribution >= 0.6 is 15.9 Å². The third kappa shape index (κ3) is 14.1. The molecule has 3 aromatic carbocycles. The van der Waals surface area contributed by atoms with E-state index in [1.807, 2.05) is 42.5 Å². The first-order valence-electron chi connectivity index (χ1n) is 18.4. The average molecular weight is 746 g/mol. The summed E-state index contributed by atoms with van der Waals surface area (Å²) in [5.41, 5.74) is 0. The van der Waals surface area contributed by atoms with Crippen LogP contribution in [0.5, 0.6) is 11.5 Å². The molecule has 3 rings (SSSR count). The lowest BCUT2D eigenvalue weighted by Crippen LogP contribution is -2.30. The summed E-state index contributed by atoms with van der Waals surface area (Å²) in [6.45, 7) is 10.5. The number of esters is 2. The number of rotatable bonds is 26. The van der Waals surface area contributed by atoms with Crippen LogP contribution in [0.1, 0.15) is 105 Å². The number of halogens is 1. The zero-order chi connectivity index (χ0) is 35.3. The Morgan fingerprint density at radius 2 is 1.02 bits per heavy atom. The fraction of sp³-hybridized carbons (Fsp3) is 0.600. The summed E-state index contributed by atoms with van der Waals surface area (Å²) in [4.78, 5) is 25.4. The number of carbonyl (C=O) groups excluding carboxylic acids is 2. The Bertz CT molecular complexity index is 1410. The van der Waals surface area contributed by atoms with Gasteiger partial charge in [-0.3, -0.25) is 9.59 Å². The molecular formula is C40H57BrO8. The average Bonchev–Trinajstić information content (AvgIpc) is 3.09. The van der Waals surface area contributed by atoms with E-state index in [0.29, 0.717) is 37.6 Å². The van der Waals surface area contributed by atoms with Gasteiger partial charge in [0.25, 0.3) is 0 Å². The van der Waals surface area contributed by atoms with Crippen LogP contribution in [0.15, 0.2) is 46.9 Å². The Kier molecular flexibility index (Phi) is 19.5. The Morgan fingerprint density at radius 1 is 0.571 bits per heavy atom. The lowest BCUT2D eigenvalue weighted by molar-refractivity contribution is -0.155. The predicted octanol–water partition coefficient (Wildman–Crippen LogP) is 10.1. The number of fused-ring (bicyclic) bond motifs is 2.